The molecule has 2 aromatic carbocycles. The minimum atomic E-state index is -0.634. The van der Waals surface area contributed by atoms with Crippen LogP contribution in [0.4, 0.5) is 4.39 Å². The summed E-state index contributed by atoms with van der Waals surface area (Å²) < 4.78 is 20.5. The number of carbonyl (C=O) groups excluding carboxylic acids is 3. The van der Waals surface area contributed by atoms with E-state index in [2.05, 4.69) is 10.2 Å². The summed E-state index contributed by atoms with van der Waals surface area (Å²) in [5.74, 6) is -0.427. The van der Waals surface area contributed by atoms with E-state index >= 15 is 0 Å². The maximum absolute atomic E-state index is 14.0. The first-order chi connectivity index (χ1) is 17.9. The van der Waals surface area contributed by atoms with E-state index in [1.165, 1.54) is 6.07 Å². The van der Waals surface area contributed by atoms with Crippen molar-refractivity contribution in [1.29, 1.82) is 5.26 Å². The van der Waals surface area contributed by atoms with Crippen molar-refractivity contribution in [2.24, 2.45) is 0 Å². The third-order valence-electron chi connectivity index (χ3n) is 8.16. The molecular weight excluding hydrogens is 475 g/mol. The second-order valence-electron chi connectivity index (χ2n) is 10.4. The molecule has 8 nitrogen and oxygen atoms in total. The van der Waals surface area contributed by atoms with Gasteiger partial charge in [0.1, 0.15) is 29.8 Å². The Morgan fingerprint density at radius 3 is 2.65 bits per heavy atom. The molecule has 3 fully saturated rings. The third-order valence-corrected chi connectivity index (χ3v) is 8.16. The van der Waals surface area contributed by atoms with Crippen molar-refractivity contribution in [3.05, 3.63) is 64.5 Å². The highest BCUT2D eigenvalue weighted by Crippen LogP contribution is 2.37. The number of piperidine rings is 1. The van der Waals surface area contributed by atoms with Gasteiger partial charge in [-0.05, 0) is 67.1 Å². The van der Waals surface area contributed by atoms with Crippen LogP contribution in [-0.2, 0) is 16.1 Å². The van der Waals surface area contributed by atoms with Crippen molar-refractivity contribution < 1.29 is 23.5 Å². The zero-order chi connectivity index (χ0) is 25.7. The van der Waals surface area contributed by atoms with Gasteiger partial charge < -0.3 is 9.64 Å². The Morgan fingerprint density at radius 2 is 1.89 bits per heavy atom. The summed E-state index contributed by atoms with van der Waals surface area (Å²) in [7, 11) is 0. The highest BCUT2D eigenvalue weighted by atomic mass is 19.1. The van der Waals surface area contributed by atoms with E-state index in [0.29, 0.717) is 24.3 Å². The highest BCUT2D eigenvalue weighted by Gasteiger charge is 2.42. The molecule has 3 heterocycles. The number of imide groups is 1. The van der Waals surface area contributed by atoms with E-state index in [4.69, 9.17) is 10.00 Å². The molecular formula is C28H27FN4O4. The molecule has 9 heteroatoms. The Labute approximate surface area is 214 Å². The third kappa shape index (κ3) is 4.25. The lowest BCUT2D eigenvalue weighted by Crippen LogP contribution is -2.54. The fourth-order valence-electron chi connectivity index (χ4n) is 6.13. The number of amides is 3. The number of rotatable bonds is 5. The average Bonchev–Trinajstić information content (AvgIpc) is 3.42. The van der Waals surface area contributed by atoms with Gasteiger partial charge in [-0.15, -0.1) is 0 Å². The molecule has 4 aliphatic rings. The summed E-state index contributed by atoms with van der Waals surface area (Å²) in [6.07, 6.45) is 3.63. The van der Waals surface area contributed by atoms with Gasteiger partial charge in [0.25, 0.3) is 5.91 Å². The molecule has 0 bridgehead atoms. The number of fused-ring (bicyclic) bond motifs is 1. The van der Waals surface area contributed by atoms with Crippen LogP contribution < -0.4 is 10.1 Å². The van der Waals surface area contributed by atoms with Crippen LogP contribution in [0.3, 0.4) is 0 Å². The summed E-state index contributed by atoms with van der Waals surface area (Å²) in [5.41, 5.74) is 2.39. The van der Waals surface area contributed by atoms with Gasteiger partial charge in [-0.1, -0.05) is 6.07 Å². The Balaban J connectivity index is 1.09. The number of nitrogens with zero attached hydrogens (tertiary/aromatic N) is 3. The van der Waals surface area contributed by atoms with Gasteiger partial charge in [0.15, 0.2) is 0 Å². The number of likely N-dealkylation sites (tertiary alicyclic amines) is 1. The van der Waals surface area contributed by atoms with E-state index in [9.17, 15) is 18.8 Å². The van der Waals surface area contributed by atoms with Gasteiger partial charge in [-0.2, -0.15) is 5.26 Å². The second-order valence-corrected chi connectivity index (χ2v) is 10.4. The Bertz CT molecular complexity index is 1330. The van der Waals surface area contributed by atoms with E-state index < -0.39 is 17.8 Å². The van der Waals surface area contributed by atoms with Crippen LogP contribution in [0.5, 0.6) is 5.75 Å². The molecule has 190 valence electrons. The number of hydrogen-bond donors (Lipinski definition) is 1. The molecule has 1 N–H and O–H groups in total. The predicted molar refractivity (Wildman–Crippen MR) is 130 cm³/mol. The fourth-order valence-corrected chi connectivity index (χ4v) is 6.13. The number of halogens is 1. The number of benzene rings is 2. The van der Waals surface area contributed by atoms with Crippen molar-refractivity contribution in [1.82, 2.24) is 15.1 Å². The van der Waals surface area contributed by atoms with E-state index in [1.807, 2.05) is 24.3 Å². The van der Waals surface area contributed by atoms with E-state index in [1.54, 1.807) is 17.0 Å². The van der Waals surface area contributed by atoms with Crippen molar-refractivity contribution in [3.8, 4) is 11.8 Å². The lowest BCUT2D eigenvalue weighted by atomic mass is 9.88. The zero-order valence-corrected chi connectivity index (χ0v) is 20.3. The summed E-state index contributed by atoms with van der Waals surface area (Å²) in [4.78, 5) is 40.7. The van der Waals surface area contributed by atoms with Crippen LogP contribution in [-0.4, -0.2) is 58.8 Å². The van der Waals surface area contributed by atoms with Crippen molar-refractivity contribution in [2.75, 3.05) is 13.1 Å². The molecule has 3 aliphatic heterocycles. The quantitative estimate of drug-likeness (QED) is 0.631. The van der Waals surface area contributed by atoms with Gasteiger partial charge in [-0.25, -0.2) is 4.39 Å². The fraction of sp³-hybridized carbons (Fsp3) is 0.429. The first-order valence-corrected chi connectivity index (χ1v) is 12.8. The van der Waals surface area contributed by atoms with Crippen molar-refractivity contribution in [2.45, 2.75) is 62.8 Å². The lowest BCUT2D eigenvalue weighted by Gasteiger charge is -2.45. The van der Waals surface area contributed by atoms with Gasteiger partial charge in [0.05, 0.1) is 5.56 Å². The standard InChI is InChI=1S/C28H27FN4O4/c29-22-11-16(4-5-17(22)12-30)19-13-32(14-19)23-2-1-3-25(23)37-20-6-7-21-18(10-20)15-33(28(21)36)24-8-9-26(34)31-27(24)35/h4-7,10-11,19,23-25H,1-3,8-9,13-15H2,(H,31,34,35)/t23-,24?,25+/m1/s1. The van der Waals surface area contributed by atoms with Gasteiger partial charge >= 0.3 is 0 Å². The first kappa shape index (κ1) is 23.6. The summed E-state index contributed by atoms with van der Waals surface area (Å²) in [5, 5.41) is 11.3. The van der Waals surface area contributed by atoms with Crippen LogP contribution in [0.1, 0.15) is 65.1 Å². The Hall–Kier alpha value is -3.77. The lowest BCUT2D eigenvalue weighted by molar-refractivity contribution is -0.136. The number of carbonyl (C=O) groups is 3. The largest absolute Gasteiger partial charge is 0.489 e. The van der Waals surface area contributed by atoms with Gasteiger partial charge in [-0.3, -0.25) is 24.6 Å². The molecule has 6 rings (SSSR count). The number of ether oxygens (including phenoxy) is 1. The van der Waals surface area contributed by atoms with Gasteiger partial charge in [0.2, 0.25) is 11.8 Å². The average molecular weight is 503 g/mol. The normalized spacial score (nSPS) is 26.0. The molecule has 3 amide bonds. The summed E-state index contributed by atoms with van der Waals surface area (Å²) in [6, 6.07) is 11.9. The molecule has 1 aliphatic carbocycles. The smallest absolute Gasteiger partial charge is 0.255 e. The minimum Gasteiger partial charge on any atom is -0.489 e. The topological polar surface area (TPSA) is 103 Å². The van der Waals surface area contributed by atoms with Crippen molar-refractivity contribution in [3.63, 3.8) is 0 Å². The maximum Gasteiger partial charge on any atom is 0.255 e. The maximum atomic E-state index is 14.0. The molecule has 1 unspecified atom stereocenters. The minimum absolute atomic E-state index is 0.0278. The Morgan fingerprint density at radius 1 is 1.05 bits per heavy atom. The van der Waals surface area contributed by atoms with Crippen LogP contribution in [0.2, 0.25) is 0 Å². The summed E-state index contributed by atoms with van der Waals surface area (Å²) in [6.45, 7) is 1.98. The highest BCUT2D eigenvalue weighted by molar-refractivity contribution is 6.05. The molecule has 2 aromatic rings. The molecule has 2 saturated heterocycles. The van der Waals surface area contributed by atoms with Crippen molar-refractivity contribution >= 4 is 17.7 Å². The zero-order valence-electron chi connectivity index (χ0n) is 20.3. The molecule has 0 aromatic heterocycles. The van der Waals surface area contributed by atoms with Crippen LogP contribution in [0, 0.1) is 17.1 Å². The molecule has 1 saturated carbocycles. The first-order valence-electron chi connectivity index (χ1n) is 12.8. The number of nitrogens with one attached hydrogen (secondary N) is 1. The predicted octanol–water partition coefficient (Wildman–Crippen LogP) is 2.86. The molecule has 0 spiro atoms. The van der Waals surface area contributed by atoms with Crippen LogP contribution in [0.25, 0.3) is 0 Å². The second kappa shape index (κ2) is 9.27. The summed E-state index contributed by atoms with van der Waals surface area (Å²) >= 11 is 0. The number of hydrogen-bond acceptors (Lipinski definition) is 6. The molecule has 0 radical (unpaired) electrons. The SMILES string of the molecule is N#Cc1ccc(C2CN([C@@H]3CCC[C@@H]3Oc3ccc4c(c3)CN(C3CCC(=O)NC3=O)C4=O)C2)cc1F. The van der Waals surface area contributed by atoms with Crippen LogP contribution >= 0.6 is 0 Å². The van der Waals surface area contributed by atoms with E-state index in [0.717, 1.165) is 43.5 Å². The molecule has 37 heavy (non-hydrogen) atoms. The van der Waals surface area contributed by atoms with E-state index in [-0.39, 0.29) is 41.9 Å². The van der Waals surface area contributed by atoms with Crippen LogP contribution in [0.15, 0.2) is 36.4 Å². The molecule has 3 atom stereocenters. The Kier molecular flexibility index (Phi) is 5.92. The van der Waals surface area contributed by atoms with Gasteiger partial charge in [0, 0.05) is 43.6 Å². The monoisotopic (exact) mass is 502 g/mol. The number of nitriles is 1.